The maximum atomic E-state index is 12.1. The van der Waals surface area contributed by atoms with Crippen LogP contribution in [0.4, 0.5) is 4.79 Å². The van der Waals surface area contributed by atoms with Crippen LogP contribution >= 0.6 is 0 Å². The maximum absolute atomic E-state index is 12.1. The Morgan fingerprint density at radius 3 is 2.39 bits per heavy atom. The van der Waals surface area contributed by atoms with Gasteiger partial charge in [-0.15, -0.1) is 0 Å². The van der Waals surface area contributed by atoms with Crippen LogP contribution in [0.1, 0.15) is 24.0 Å². The Hall–Kier alpha value is -2.49. The molecule has 0 aromatic heterocycles. The predicted octanol–water partition coefficient (Wildman–Crippen LogP) is 3.23. The summed E-state index contributed by atoms with van der Waals surface area (Å²) in [4.78, 5) is 12.1. The van der Waals surface area contributed by atoms with Crippen molar-refractivity contribution >= 4 is 6.03 Å². The number of carbonyl (C=O) groups excluding carboxylic acids is 1. The first-order valence-corrected chi connectivity index (χ1v) is 7.96. The van der Waals surface area contributed by atoms with Crippen LogP contribution < -0.4 is 15.4 Å². The number of methoxy groups -OCH3 is 1. The molecule has 2 N–H and O–H groups in total. The molecule has 2 aromatic rings. The highest BCUT2D eigenvalue weighted by Crippen LogP contribution is 2.45. The summed E-state index contributed by atoms with van der Waals surface area (Å²) in [6.45, 7) is 0.614. The number of hydrogen-bond donors (Lipinski definition) is 2. The molecule has 0 radical (unpaired) electrons. The predicted molar refractivity (Wildman–Crippen MR) is 90.6 cm³/mol. The van der Waals surface area contributed by atoms with E-state index in [2.05, 4.69) is 22.8 Å². The Balaban J connectivity index is 1.46. The molecule has 1 saturated carbocycles. The molecule has 1 aliphatic carbocycles. The summed E-state index contributed by atoms with van der Waals surface area (Å²) in [6.07, 6.45) is 2.81. The standard InChI is InChI=1S/C19H22N2O2/c1-23-17-9-7-15(8-10-17)11-14-20-18(22)21-19(12-13-19)16-5-3-2-4-6-16/h2-10H,11-14H2,1H3,(H2,20,21,22). The van der Waals surface area contributed by atoms with Crippen LogP contribution in [-0.4, -0.2) is 19.7 Å². The van der Waals surface area contributed by atoms with Crippen molar-refractivity contribution in [2.24, 2.45) is 0 Å². The van der Waals surface area contributed by atoms with Crippen LogP contribution in [0.3, 0.4) is 0 Å². The van der Waals surface area contributed by atoms with Crippen molar-refractivity contribution in [2.45, 2.75) is 24.8 Å². The smallest absolute Gasteiger partial charge is 0.315 e. The van der Waals surface area contributed by atoms with Crippen molar-refractivity contribution in [1.29, 1.82) is 0 Å². The van der Waals surface area contributed by atoms with Crippen molar-refractivity contribution in [3.63, 3.8) is 0 Å². The maximum Gasteiger partial charge on any atom is 0.315 e. The van der Waals surface area contributed by atoms with Crippen molar-refractivity contribution in [3.8, 4) is 5.75 Å². The molecule has 0 unspecified atom stereocenters. The number of hydrogen-bond acceptors (Lipinski definition) is 2. The summed E-state index contributed by atoms with van der Waals surface area (Å²) >= 11 is 0. The lowest BCUT2D eigenvalue weighted by atomic mass is 10.1. The number of ether oxygens (including phenoxy) is 1. The van der Waals surface area contributed by atoms with Crippen LogP contribution in [0.2, 0.25) is 0 Å². The Labute approximate surface area is 136 Å². The highest BCUT2D eigenvalue weighted by Gasteiger charge is 2.45. The first-order valence-electron chi connectivity index (χ1n) is 7.96. The van der Waals surface area contributed by atoms with E-state index in [1.54, 1.807) is 7.11 Å². The van der Waals surface area contributed by atoms with Crippen molar-refractivity contribution in [2.75, 3.05) is 13.7 Å². The molecule has 2 amide bonds. The lowest BCUT2D eigenvalue weighted by molar-refractivity contribution is 0.236. The molecular weight excluding hydrogens is 288 g/mol. The van der Waals surface area contributed by atoms with Crippen molar-refractivity contribution in [3.05, 3.63) is 65.7 Å². The van der Waals surface area contributed by atoms with Crippen molar-refractivity contribution in [1.82, 2.24) is 10.6 Å². The monoisotopic (exact) mass is 310 g/mol. The third-order valence-electron chi connectivity index (χ3n) is 4.29. The molecule has 120 valence electrons. The summed E-state index contributed by atoms with van der Waals surface area (Å²) in [5.74, 6) is 0.845. The van der Waals surface area contributed by atoms with Gasteiger partial charge in [0.25, 0.3) is 0 Å². The normalized spacial score (nSPS) is 14.8. The second kappa shape index (κ2) is 6.73. The lowest BCUT2D eigenvalue weighted by Gasteiger charge is -2.18. The van der Waals surface area contributed by atoms with Gasteiger partial charge < -0.3 is 15.4 Å². The fourth-order valence-electron chi connectivity index (χ4n) is 2.74. The van der Waals surface area contributed by atoms with Gasteiger partial charge in [0.15, 0.2) is 0 Å². The fourth-order valence-corrected chi connectivity index (χ4v) is 2.74. The summed E-state index contributed by atoms with van der Waals surface area (Å²) in [5, 5.41) is 6.06. The summed E-state index contributed by atoms with van der Waals surface area (Å²) in [5.41, 5.74) is 2.20. The van der Waals surface area contributed by atoms with Crippen LogP contribution in [0.15, 0.2) is 54.6 Å². The molecule has 23 heavy (non-hydrogen) atoms. The first-order chi connectivity index (χ1) is 11.2. The van der Waals surface area contributed by atoms with Gasteiger partial charge in [0.2, 0.25) is 0 Å². The van der Waals surface area contributed by atoms with E-state index in [4.69, 9.17) is 4.74 Å². The van der Waals surface area contributed by atoms with Gasteiger partial charge in [-0.05, 0) is 42.5 Å². The van der Waals surface area contributed by atoms with Gasteiger partial charge in [-0.25, -0.2) is 4.79 Å². The molecule has 2 aromatic carbocycles. The Morgan fingerprint density at radius 2 is 1.78 bits per heavy atom. The van der Waals surface area contributed by atoms with Crippen LogP contribution in [0.25, 0.3) is 0 Å². The Morgan fingerprint density at radius 1 is 1.09 bits per heavy atom. The number of carbonyl (C=O) groups is 1. The third kappa shape index (κ3) is 3.83. The average Bonchev–Trinajstić information content (AvgIpc) is 3.37. The van der Waals surface area contributed by atoms with E-state index < -0.39 is 0 Å². The van der Waals surface area contributed by atoms with E-state index in [1.807, 2.05) is 42.5 Å². The molecule has 0 spiro atoms. The zero-order chi connectivity index (χ0) is 16.1. The van der Waals surface area contributed by atoms with Crippen molar-refractivity contribution < 1.29 is 9.53 Å². The summed E-state index contributed by atoms with van der Waals surface area (Å²) < 4.78 is 5.14. The lowest BCUT2D eigenvalue weighted by Crippen LogP contribution is -2.42. The number of benzene rings is 2. The van der Waals surface area contributed by atoms with Gasteiger partial charge in [-0.1, -0.05) is 42.5 Å². The van der Waals surface area contributed by atoms with Crippen LogP contribution in [0.5, 0.6) is 5.75 Å². The molecule has 0 bridgehead atoms. The third-order valence-corrected chi connectivity index (χ3v) is 4.29. The average molecular weight is 310 g/mol. The van der Waals surface area contributed by atoms with E-state index in [0.29, 0.717) is 6.54 Å². The Kier molecular flexibility index (Phi) is 4.51. The first kappa shape index (κ1) is 15.4. The van der Waals surface area contributed by atoms with Crippen LogP contribution in [0, 0.1) is 0 Å². The molecular formula is C19H22N2O2. The molecule has 0 aliphatic heterocycles. The molecule has 1 fully saturated rings. The number of rotatable bonds is 6. The second-order valence-corrected chi connectivity index (χ2v) is 5.93. The highest BCUT2D eigenvalue weighted by atomic mass is 16.5. The minimum Gasteiger partial charge on any atom is -0.497 e. The number of nitrogens with one attached hydrogen (secondary N) is 2. The molecule has 0 saturated heterocycles. The second-order valence-electron chi connectivity index (χ2n) is 5.93. The minimum absolute atomic E-state index is 0.0973. The largest absolute Gasteiger partial charge is 0.497 e. The van der Waals surface area contributed by atoms with E-state index in [1.165, 1.54) is 11.1 Å². The quantitative estimate of drug-likeness (QED) is 0.860. The summed E-state index contributed by atoms with van der Waals surface area (Å²) in [7, 11) is 1.65. The van der Waals surface area contributed by atoms with Gasteiger partial charge in [-0.3, -0.25) is 0 Å². The van der Waals surface area contributed by atoms with Gasteiger partial charge in [-0.2, -0.15) is 0 Å². The molecule has 0 heterocycles. The molecule has 1 aliphatic rings. The highest BCUT2D eigenvalue weighted by molar-refractivity contribution is 5.75. The van der Waals surface area contributed by atoms with E-state index >= 15 is 0 Å². The number of urea groups is 1. The number of amides is 2. The summed E-state index contributed by atoms with van der Waals surface area (Å²) in [6, 6.07) is 18.0. The van der Waals surface area contributed by atoms with E-state index in [0.717, 1.165) is 25.0 Å². The van der Waals surface area contributed by atoms with Gasteiger partial charge in [0.05, 0.1) is 12.6 Å². The van der Waals surface area contributed by atoms with Gasteiger partial charge in [0.1, 0.15) is 5.75 Å². The zero-order valence-electron chi connectivity index (χ0n) is 13.3. The van der Waals surface area contributed by atoms with Crippen LogP contribution in [-0.2, 0) is 12.0 Å². The van der Waals surface area contributed by atoms with Gasteiger partial charge in [0, 0.05) is 6.54 Å². The minimum atomic E-state index is -0.161. The molecule has 0 atom stereocenters. The molecule has 3 rings (SSSR count). The molecule has 4 nitrogen and oxygen atoms in total. The topological polar surface area (TPSA) is 50.4 Å². The van der Waals surface area contributed by atoms with E-state index in [9.17, 15) is 4.79 Å². The zero-order valence-corrected chi connectivity index (χ0v) is 13.3. The Bertz CT molecular complexity index is 649. The SMILES string of the molecule is COc1ccc(CCNC(=O)NC2(c3ccccc3)CC2)cc1. The molecule has 4 heteroatoms. The van der Waals surface area contributed by atoms with Gasteiger partial charge >= 0.3 is 6.03 Å². The fraction of sp³-hybridized carbons (Fsp3) is 0.316. The van der Waals surface area contributed by atoms with E-state index in [-0.39, 0.29) is 11.6 Å².